The summed E-state index contributed by atoms with van der Waals surface area (Å²) in [6.45, 7) is 1.74. The zero-order valence-electron chi connectivity index (χ0n) is 20.2. The Bertz CT molecular complexity index is 793. The summed E-state index contributed by atoms with van der Waals surface area (Å²) in [6, 6.07) is 14.6. The molecule has 0 saturated heterocycles. The minimum atomic E-state index is 0. The molecule has 0 saturated carbocycles. The molecule has 4 nitrogen and oxygen atoms in total. The number of allylic oxidation sites excluding steroid dienone is 8. The largest absolute Gasteiger partial charge is 2.00 e. The molecule has 0 aliphatic heterocycles. The molecule has 2 aliphatic carbocycles. The number of rotatable bonds is 4. The monoisotopic (exact) mass is 522 g/mol. The van der Waals surface area contributed by atoms with Crippen LogP contribution in [0.25, 0.3) is 0 Å². The smallest absolute Gasteiger partial charge is 0.508 e. The minimum absolute atomic E-state index is 0. The van der Waals surface area contributed by atoms with Crippen molar-refractivity contribution in [2.24, 2.45) is 0 Å². The van der Waals surface area contributed by atoms with Crippen molar-refractivity contribution in [3.63, 3.8) is 0 Å². The van der Waals surface area contributed by atoms with Crippen LogP contribution >= 0.6 is 0 Å². The normalized spacial score (nSPS) is 12.3. The first-order valence-electron chi connectivity index (χ1n) is 10.7. The Labute approximate surface area is 219 Å². The van der Waals surface area contributed by atoms with E-state index in [0.717, 1.165) is 37.1 Å². The van der Waals surface area contributed by atoms with Gasteiger partial charge in [-0.25, -0.2) is 24.3 Å². The van der Waals surface area contributed by atoms with Gasteiger partial charge in [-0.3, -0.25) is 12.2 Å². The van der Waals surface area contributed by atoms with Gasteiger partial charge < -0.3 is 20.0 Å². The van der Waals surface area contributed by atoms with Gasteiger partial charge in [0.2, 0.25) is 0 Å². The minimum Gasteiger partial charge on any atom is -0.508 e. The summed E-state index contributed by atoms with van der Waals surface area (Å²) in [5.41, 5.74) is 2.27. The molecule has 0 bridgehead atoms. The van der Waals surface area contributed by atoms with Crippen LogP contribution in [0.5, 0.6) is 11.5 Å². The van der Waals surface area contributed by atoms with Crippen LogP contribution in [0.15, 0.2) is 85.0 Å². The van der Waals surface area contributed by atoms with E-state index in [4.69, 9.17) is 10.2 Å². The molecule has 4 rings (SSSR count). The first kappa shape index (κ1) is 30.8. The number of nitrogens with zero attached hydrogens (tertiary/aromatic N) is 2. The van der Waals surface area contributed by atoms with E-state index in [-0.39, 0.29) is 26.2 Å². The van der Waals surface area contributed by atoms with Crippen LogP contribution in [0.1, 0.15) is 24.0 Å². The zero-order valence-corrected chi connectivity index (χ0v) is 22.7. The number of hydrogen-bond donors (Lipinski definition) is 2. The van der Waals surface area contributed by atoms with E-state index in [0.29, 0.717) is 11.5 Å². The molecule has 0 amide bonds. The molecule has 33 heavy (non-hydrogen) atoms. The van der Waals surface area contributed by atoms with Gasteiger partial charge in [-0.1, -0.05) is 24.3 Å². The van der Waals surface area contributed by atoms with Crippen LogP contribution in [0, 0.1) is 12.2 Å². The molecule has 2 aromatic rings. The summed E-state index contributed by atoms with van der Waals surface area (Å²) >= 11 is 0. The van der Waals surface area contributed by atoms with E-state index in [1.165, 1.54) is 0 Å². The van der Waals surface area contributed by atoms with Crippen molar-refractivity contribution in [2.45, 2.75) is 25.9 Å². The third-order valence-corrected chi connectivity index (χ3v) is 3.99. The second-order valence-corrected chi connectivity index (χ2v) is 7.82. The van der Waals surface area contributed by atoms with Crippen LogP contribution in [0.2, 0.25) is 0 Å². The van der Waals surface area contributed by atoms with Crippen molar-refractivity contribution >= 4 is 0 Å². The molecular formula is C28H36N2O2Zr. The molecule has 5 heteroatoms. The van der Waals surface area contributed by atoms with Gasteiger partial charge in [-0.05, 0) is 63.6 Å². The van der Waals surface area contributed by atoms with Crippen molar-refractivity contribution in [1.82, 2.24) is 9.80 Å². The van der Waals surface area contributed by atoms with Gasteiger partial charge >= 0.3 is 26.2 Å². The van der Waals surface area contributed by atoms with Gasteiger partial charge in [0, 0.05) is 13.1 Å². The van der Waals surface area contributed by atoms with Gasteiger partial charge in [-0.2, -0.15) is 12.2 Å². The molecule has 0 heterocycles. The number of phenols is 2. The van der Waals surface area contributed by atoms with Crippen LogP contribution in [-0.4, -0.2) is 48.2 Å². The fourth-order valence-corrected chi connectivity index (χ4v) is 2.72. The molecule has 2 aliphatic rings. The van der Waals surface area contributed by atoms with E-state index in [9.17, 15) is 0 Å². The third-order valence-electron chi connectivity index (χ3n) is 3.99. The van der Waals surface area contributed by atoms with Crippen molar-refractivity contribution in [3.8, 4) is 11.5 Å². The van der Waals surface area contributed by atoms with Gasteiger partial charge in [0.25, 0.3) is 0 Å². The number of hydrogen-bond acceptors (Lipinski definition) is 4. The predicted octanol–water partition coefficient (Wildman–Crippen LogP) is 5.52. The molecular weight excluding hydrogens is 488 g/mol. The summed E-state index contributed by atoms with van der Waals surface area (Å²) in [7, 11) is 8.02. The molecule has 0 atom stereocenters. The molecule has 0 aromatic heterocycles. The summed E-state index contributed by atoms with van der Waals surface area (Å²) in [4.78, 5) is 4.13. The second kappa shape index (κ2) is 19.3. The van der Waals surface area contributed by atoms with E-state index in [1.807, 2.05) is 76.8 Å². The summed E-state index contributed by atoms with van der Waals surface area (Å²) in [6.07, 6.45) is 20.0. The molecule has 2 aromatic carbocycles. The first-order chi connectivity index (χ1) is 15.4. The number of aromatic hydroxyl groups is 2. The zero-order chi connectivity index (χ0) is 23.6. The van der Waals surface area contributed by atoms with Crippen LogP contribution < -0.4 is 0 Å². The Balaban J connectivity index is 0.000000434. The molecule has 2 N–H and O–H groups in total. The van der Waals surface area contributed by atoms with Crippen molar-refractivity contribution < 1.29 is 36.4 Å². The standard InChI is InChI=1S/2C9H13NO.2C5H5.Zr/c2*1-10(2)7-8-4-3-5-9(11)6-8;2*1-2-4-5-3-1;/h2*3-6,11H,7H2,1-2H3;2*1-3H,4H2;/q;;2*-1;+2. The molecule has 174 valence electrons. The SMILES string of the molecule is CN(C)Cc1cccc(O)c1.CN(C)Cc1cccc(O)c1.[C-]1=CC=CC1.[C-]1=CC=CC1.[Zr+2]. The first-order valence-corrected chi connectivity index (χ1v) is 10.7. The fourth-order valence-electron chi connectivity index (χ4n) is 2.72. The Morgan fingerprint density at radius 3 is 1.30 bits per heavy atom. The summed E-state index contributed by atoms with van der Waals surface area (Å²) in [5.74, 6) is 0.675. The maximum Gasteiger partial charge on any atom is 2.00 e. The average molecular weight is 524 g/mol. The molecule has 0 radical (unpaired) electrons. The average Bonchev–Trinajstić information content (AvgIpc) is 3.47. The fraction of sp³-hybridized carbons (Fsp3) is 0.286. The third kappa shape index (κ3) is 18.0. The molecule has 0 unspecified atom stereocenters. The Hall–Kier alpha value is -2.20. The van der Waals surface area contributed by atoms with Crippen molar-refractivity contribution in [1.29, 1.82) is 0 Å². The predicted molar refractivity (Wildman–Crippen MR) is 134 cm³/mol. The topological polar surface area (TPSA) is 46.9 Å². The van der Waals surface area contributed by atoms with E-state index in [2.05, 4.69) is 34.1 Å². The maximum atomic E-state index is 9.11. The van der Waals surface area contributed by atoms with Crippen LogP contribution in [0.4, 0.5) is 0 Å². The Morgan fingerprint density at radius 2 is 1.09 bits per heavy atom. The Morgan fingerprint density at radius 1 is 0.697 bits per heavy atom. The van der Waals surface area contributed by atoms with Gasteiger partial charge in [0.15, 0.2) is 0 Å². The molecule has 0 fully saturated rings. The van der Waals surface area contributed by atoms with Crippen molar-refractivity contribution in [3.05, 3.63) is 108 Å². The molecule has 0 spiro atoms. The van der Waals surface area contributed by atoms with Gasteiger partial charge in [-0.15, -0.1) is 12.8 Å². The Kier molecular flexibility index (Phi) is 18.0. The van der Waals surface area contributed by atoms with Gasteiger partial charge in [0.05, 0.1) is 0 Å². The van der Waals surface area contributed by atoms with E-state index < -0.39 is 0 Å². The van der Waals surface area contributed by atoms with Crippen LogP contribution in [-0.2, 0) is 39.3 Å². The quantitative estimate of drug-likeness (QED) is 0.519. The van der Waals surface area contributed by atoms with Gasteiger partial charge in [0.1, 0.15) is 11.5 Å². The number of benzene rings is 2. The number of phenolic OH excluding ortho intramolecular Hbond substituents is 2. The van der Waals surface area contributed by atoms with Crippen molar-refractivity contribution in [2.75, 3.05) is 28.2 Å². The van der Waals surface area contributed by atoms with E-state index in [1.54, 1.807) is 24.3 Å². The summed E-state index contributed by atoms with van der Waals surface area (Å²) in [5, 5.41) is 18.2. The maximum absolute atomic E-state index is 9.11. The van der Waals surface area contributed by atoms with Crippen LogP contribution in [0.3, 0.4) is 0 Å². The second-order valence-electron chi connectivity index (χ2n) is 7.82. The summed E-state index contributed by atoms with van der Waals surface area (Å²) < 4.78 is 0. The van der Waals surface area contributed by atoms with E-state index >= 15 is 0 Å².